The van der Waals surface area contributed by atoms with E-state index in [0.29, 0.717) is 12.1 Å². The van der Waals surface area contributed by atoms with Gasteiger partial charge in [-0.2, -0.15) is 13.2 Å². The zero-order valence-electron chi connectivity index (χ0n) is 9.71. The first-order valence-corrected chi connectivity index (χ1v) is 5.18. The van der Waals surface area contributed by atoms with Crippen LogP contribution in [0.3, 0.4) is 0 Å². The third-order valence-electron chi connectivity index (χ3n) is 2.16. The Balaban J connectivity index is 2.76. The van der Waals surface area contributed by atoms with Gasteiger partial charge in [-0.05, 0) is 17.7 Å². The summed E-state index contributed by atoms with van der Waals surface area (Å²) < 4.78 is 37.3. The normalized spacial score (nSPS) is 11.8. The highest BCUT2D eigenvalue weighted by Crippen LogP contribution is 2.33. The Labute approximate surface area is 102 Å². The number of rotatable bonds is 3. The van der Waals surface area contributed by atoms with E-state index in [-0.39, 0.29) is 11.6 Å². The molecule has 0 aromatic heterocycles. The summed E-state index contributed by atoms with van der Waals surface area (Å²) in [6, 6.07) is 3.50. The molecule has 98 valence electrons. The highest BCUT2D eigenvalue weighted by molar-refractivity contribution is 5.73. The Hall–Kier alpha value is -1.98. The minimum atomic E-state index is -4.44. The highest BCUT2D eigenvalue weighted by Gasteiger charge is 2.32. The van der Waals surface area contributed by atoms with E-state index in [0.717, 1.165) is 6.07 Å². The molecule has 3 N–H and O–H groups in total. The predicted octanol–water partition coefficient (Wildman–Crippen LogP) is 2.44. The van der Waals surface area contributed by atoms with Crippen LogP contribution in [0, 0.1) is 0 Å². The first-order valence-electron chi connectivity index (χ1n) is 5.18. The fourth-order valence-electron chi connectivity index (χ4n) is 1.34. The lowest BCUT2D eigenvalue weighted by Crippen LogP contribution is -2.19. The number of halogens is 3. The molecule has 18 heavy (non-hydrogen) atoms. The second-order valence-corrected chi connectivity index (χ2v) is 3.68. The summed E-state index contributed by atoms with van der Waals surface area (Å²) in [5.41, 5.74) is 4.72. The topological polar surface area (TPSA) is 55.1 Å². The minimum absolute atomic E-state index is 0.174. The molecule has 0 fully saturated rings. The molecule has 1 rings (SSSR count). The predicted molar refractivity (Wildman–Crippen MR) is 63.6 cm³/mol. The van der Waals surface area contributed by atoms with Crippen molar-refractivity contribution in [3.05, 3.63) is 35.4 Å². The molecule has 0 atom stereocenters. The molecule has 0 aliphatic carbocycles. The number of carbonyl (C=O) groups is 1. The maximum atomic E-state index is 12.4. The fourth-order valence-corrected chi connectivity index (χ4v) is 1.34. The van der Waals surface area contributed by atoms with Crippen molar-refractivity contribution in [3.8, 4) is 0 Å². The van der Waals surface area contributed by atoms with Gasteiger partial charge in [0.1, 0.15) is 0 Å². The number of nitrogens with two attached hydrogens (primary N) is 1. The highest BCUT2D eigenvalue weighted by atomic mass is 19.4. The van der Waals surface area contributed by atoms with Crippen LogP contribution in [-0.4, -0.2) is 12.5 Å². The summed E-state index contributed by atoms with van der Waals surface area (Å²) in [6.45, 7) is 1.69. The van der Waals surface area contributed by atoms with E-state index in [9.17, 15) is 18.0 Å². The van der Waals surface area contributed by atoms with Crippen molar-refractivity contribution in [1.82, 2.24) is 5.32 Å². The summed E-state index contributed by atoms with van der Waals surface area (Å²) in [4.78, 5) is 10.6. The smallest absolute Gasteiger partial charge is 0.398 e. The van der Waals surface area contributed by atoms with Gasteiger partial charge in [0.05, 0.1) is 5.56 Å². The van der Waals surface area contributed by atoms with Gasteiger partial charge in [-0.1, -0.05) is 18.2 Å². The molecule has 0 bridgehead atoms. The molecule has 0 unspecified atom stereocenters. The quantitative estimate of drug-likeness (QED) is 0.818. The molecule has 0 radical (unpaired) electrons. The molecule has 1 aromatic carbocycles. The van der Waals surface area contributed by atoms with Gasteiger partial charge in [0, 0.05) is 19.2 Å². The summed E-state index contributed by atoms with van der Waals surface area (Å²) in [7, 11) is 0. The van der Waals surface area contributed by atoms with E-state index < -0.39 is 11.7 Å². The van der Waals surface area contributed by atoms with Crippen LogP contribution in [0.4, 0.5) is 18.9 Å². The number of benzene rings is 1. The van der Waals surface area contributed by atoms with Crippen LogP contribution in [0.1, 0.15) is 18.1 Å². The lowest BCUT2D eigenvalue weighted by Gasteiger charge is -2.10. The third kappa shape index (κ3) is 4.12. The number of alkyl halides is 3. The van der Waals surface area contributed by atoms with Crippen LogP contribution in [0.15, 0.2) is 24.3 Å². The summed E-state index contributed by atoms with van der Waals surface area (Å²) in [5, 5.41) is 2.53. The minimum Gasteiger partial charge on any atom is -0.398 e. The van der Waals surface area contributed by atoms with Gasteiger partial charge in [-0.25, -0.2) is 0 Å². The van der Waals surface area contributed by atoms with E-state index in [1.165, 1.54) is 19.1 Å². The Morgan fingerprint density at radius 1 is 1.44 bits per heavy atom. The SMILES string of the molecule is CC(=O)NCC=Cc1ccc(C(F)(F)F)c(N)c1. The molecule has 0 saturated carbocycles. The number of nitrogens with one attached hydrogen (secondary N) is 1. The van der Waals surface area contributed by atoms with E-state index in [4.69, 9.17) is 5.73 Å². The van der Waals surface area contributed by atoms with Crippen LogP contribution in [0.5, 0.6) is 0 Å². The van der Waals surface area contributed by atoms with Crippen LogP contribution >= 0.6 is 0 Å². The maximum Gasteiger partial charge on any atom is 0.418 e. The van der Waals surface area contributed by atoms with Gasteiger partial charge in [-0.15, -0.1) is 0 Å². The molecule has 0 aliphatic heterocycles. The van der Waals surface area contributed by atoms with Crippen molar-refractivity contribution < 1.29 is 18.0 Å². The van der Waals surface area contributed by atoms with E-state index in [2.05, 4.69) is 5.32 Å². The summed E-state index contributed by atoms with van der Waals surface area (Å²) in [5.74, 6) is -0.174. The maximum absolute atomic E-state index is 12.4. The Kier molecular flexibility index (Phi) is 4.36. The molecular weight excluding hydrogens is 245 g/mol. The largest absolute Gasteiger partial charge is 0.418 e. The summed E-state index contributed by atoms with van der Waals surface area (Å²) >= 11 is 0. The number of anilines is 1. The van der Waals surface area contributed by atoms with Gasteiger partial charge in [0.25, 0.3) is 0 Å². The van der Waals surface area contributed by atoms with Gasteiger partial charge < -0.3 is 11.1 Å². The van der Waals surface area contributed by atoms with Gasteiger partial charge >= 0.3 is 6.18 Å². The van der Waals surface area contributed by atoms with Crippen molar-refractivity contribution in [2.24, 2.45) is 0 Å². The molecule has 1 aromatic rings. The molecule has 0 spiro atoms. The zero-order chi connectivity index (χ0) is 13.8. The molecule has 0 aliphatic rings. The Bertz CT molecular complexity index is 467. The number of nitrogen functional groups attached to an aromatic ring is 1. The van der Waals surface area contributed by atoms with E-state index in [1.54, 1.807) is 12.2 Å². The molecular formula is C12H13F3N2O. The van der Waals surface area contributed by atoms with Crippen LogP contribution in [0.25, 0.3) is 6.08 Å². The zero-order valence-corrected chi connectivity index (χ0v) is 9.71. The second kappa shape index (κ2) is 5.57. The standard InChI is InChI=1S/C12H13F3N2O/c1-8(18)17-6-2-3-9-4-5-10(11(16)7-9)12(13,14)15/h2-5,7H,6,16H2,1H3,(H,17,18). The number of hydrogen-bond donors (Lipinski definition) is 2. The van der Waals surface area contributed by atoms with Gasteiger partial charge in [-0.3, -0.25) is 4.79 Å². The van der Waals surface area contributed by atoms with E-state index >= 15 is 0 Å². The van der Waals surface area contributed by atoms with Crippen molar-refractivity contribution in [2.75, 3.05) is 12.3 Å². The van der Waals surface area contributed by atoms with Crippen molar-refractivity contribution in [3.63, 3.8) is 0 Å². The van der Waals surface area contributed by atoms with E-state index in [1.807, 2.05) is 0 Å². The van der Waals surface area contributed by atoms with Crippen LogP contribution in [0.2, 0.25) is 0 Å². The molecule has 0 saturated heterocycles. The Morgan fingerprint density at radius 3 is 2.61 bits per heavy atom. The average Bonchev–Trinajstić information content (AvgIpc) is 2.22. The lowest BCUT2D eigenvalue weighted by molar-refractivity contribution is -0.136. The first kappa shape index (κ1) is 14.1. The Morgan fingerprint density at radius 2 is 2.11 bits per heavy atom. The number of carbonyl (C=O) groups excluding carboxylic acids is 1. The number of hydrogen-bond acceptors (Lipinski definition) is 2. The monoisotopic (exact) mass is 258 g/mol. The third-order valence-corrected chi connectivity index (χ3v) is 2.16. The first-order chi connectivity index (χ1) is 8.30. The molecule has 0 heterocycles. The fraction of sp³-hybridized carbons (Fsp3) is 0.250. The van der Waals surface area contributed by atoms with Gasteiger partial charge in [0.15, 0.2) is 0 Å². The average molecular weight is 258 g/mol. The van der Waals surface area contributed by atoms with Crippen LogP contribution < -0.4 is 11.1 Å². The molecule has 6 heteroatoms. The van der Waals surface area contributed by atoms with Gasteiger partial charge in [0.2, 0.25) is 5.91 Å². The number of amides is 1. The summed E-state index contributed by atoms with van der Waals surface area (Å²) in [6.07, 6.45) is -1.22. The molecule has 3 nitrogen and oxygen atoms in total. The van der Waals surface area contributed by atoms with Crippen molar-refractivity contribution >= 4 is 17.7 Å². The van der Waals surface area contributed by atoms with Crippen molar-refractivity contribution in [1.29, 1.82) is 0 Å². The lowest BCUT2D eigenvalue weighted by atomic mass is 10.1. The van der Waals surface area contributed by atoms with Crippen LogP contribution in [-0.2, 0) is 11.0 Å². The molecule has 1 amide bonds. The van der Waals surface area contributed by atoms with Crippen molar-refractivity contribution in [2.45, 2.75) is 13.1 Å². The second-order valence-electron chi connectivity index (χ2n) is 3.68.